The molecule has 0 saturated carbocycles. The lowest BCUT2D eigenvalue weighted by atomic mass is 9.96. The minimum atomic E-state index is -0.479. The number of aliphatic hydroxyl groups excluding tert-OH is 1. The number of hydrogen-bond acceptors (Lipinski definition) is 3. The van der Waals surface area contributed by atoms with Gasteiger partial charge >= 0.3 is 0 Å². The molecule has 0 aliphatic heterocycles. The zero-order chi connectivity index (χ0) is 15.2. The standard InChI is InChI=1S/C16H18F2N2O/c17-12-5-6-13(11(8-12)4-2-1-3-7-21)14-9-16(19)20-10-15(14)18/h5-6,8-10,21H,1-4,7H2,(H2,19,20). The summed E-state index contributed by atoms with van der Waals surface area (Å²) in [6.07, 6.45) is 4.05. The summed E-state index contributed by atoms with van der Waals surface area (Å²) in [5.41, 5.74) is 7.30. The molecule has 0 aliphatic rings. The van der Waals surface area contributed by atoms with Gasteiger partial charge in [-0.2, -0.15) is 0 Å². The van der Waals surface area contributed by atoms with Gasteiger partial charge in [0.2, 0.25) is 0 Å². The molecule has 3 N–H and O–H groups in total. The molecule has 0 spiro atoms. The van der Waals surface area contributed by atoms with Gasteiger partial charge < -0.3 is 10.8 Å². The second-order valence-corrected chi connectivity index (χ2v) is 4.92. The van der Waals surface area contributed by atoms with E-state index in [-0.39, 0.29) is 18.2 Å². The smallest absolute Gasteiger partial charge is 0.149 e. The minimum Gasteiger partial charge on any atom is -0.396 e. The maximum absolute atomic E-state index is 13.9. The first-order valence-corrected chi connectivity index (χ1v) is 6.92. The maximum Gasteiger partial charge on any atom is 0.149 e. The highest BCUT2D eigenvalue weighted by atomic mass is 19.1. The number of nitrogens with zero attached hydrogens (tertiary/aromatic N) is 1. The Hall–Kier alpha value is -2.01. The van der Waals surface area contributed by atoms with Gasteiger partial charge in [0.1, 0.15) is 17.5 Å². The third-order valence-corrected chi connectivity index (χ3v) is 3.34. The molecule has 1 heterocycles. The van der Waals surface area contributed by atoms with Gasteiger partial charge in [0, 0.05) is 12.2 Å². The first kappa shape index (κ1) is 15.4. The molecule has 0 fully saturated rings. The average Bonchev–Trinajstić information content (AvgIpc) is 2.47. The first-order valence-electron chi connectivity index (χ1n) is 6.92. The number of rotatable bonds is 6. The molecule has 0 saturated heterocycles. The molecule has 21 heavy (non-hydrogen) atoms. The van der Waals surface area contributed by atoms with Crippen molar-refractivity contribution >= 4 is 5.82 Å². The van der Waals surface area contributed by atoms with Gasteiger partial charge in [-0.1, -0.05) is 12.5 Å². The van der Waals surface area contributed by atoms with Crippen LogP contribution in [0.25, 0.3) is 11.1 Å². The van der Waals surface area contributed by atoms with Gasteiger partial charge in [-0.05, 0) is 48.6 Å². The Kier molecular flexibility index (Phi) is 5.22. The molecular formula is C16H18F2N2O. The normalized spacial score (nSPS) is 10.8. The van der Waals surface area contributed by atoms with Crippen molar-refractivity contribution in [2.24, 2.45) is 0 Å². The number of hydrogen-bond donors (Lipinski definition) is 2. The number of aryl methyl sites for hydroxylation is 1. The Bertz CT molecular complexity index is 617. The van der Waals surface area contributed by atoms with E-state index in [0.717, 1.165) is 24.6 Å². The lowest BCUT2D eigenvalue weighted by molar-refractivity contribution is 0.283. The Labute approximate surface area is 122 Å². The van der Waals surface area contributed by atoms with Crippen LogP contribution >= 0.6 is 0 Å². The third kappa shape index (κ3) is 3.98. The number of unbranched alkanes of at least 4 members (excludes halogenated alkanes) is 2. The quantitative estimate of drug-likeness (QED) is 0.803. The number of halogens is 2. The van der Waals surface area contributed by atoms with Gasteiger partial charge in [0.15, 0.2) is 0 Å². The van der Waals surface area contributed by atoms with Crippen LogP contribution in [0.1, 0.15) is 24.8 Å². The van der Waals surface area contributed by atoms with E-state index in [4.69, 9.17) is 10.8 Å². The van der Waals surface area contributed by atoms with Crippen LogP contribution in [0, 0.1) is 11.6 Å². The number of nitrogen functional groups attached to an aromatic ring is 1. The fraction of sp³-hybridized carbons (Fsp3) is 0.312. The van der Waals surface area contributed by atoms with Crippen molar-refractivity contribution in [3.63, 3.8) is 0 Å². The molecule has 1 aromatic heterocycles. The molecular weight excluding hydrogens is 274 g/mol. The van der Waals surface area contributed by atoms with Crippen LogP contribution in [0.5, 0.6) is 0 Å². The Morgan fingerprint density at radius 2 is 1.86 bits per heavy atom. The van der Waals surface area contributed by atoms with Gasteiger partial charge in [-0.3, -0.25) is 0 Å². The molecule has 0 radical (unpaired) electrons. The third-order valence-electron chi connectivity index (χ3n) is 3.34. The van der Waals surface area contributed by atoms with E-state index >= 15 is 0 Å². The molecule has 0 bridgehead atoms. The Morgan fingerprint density at radius 3 is 2.62 bits per heavy atom. The minimum absolute atomic E-state index is 0.144. The molecule has 0 atom stereocenters. The summed E-state index contributed by atoms with van der Waals surface area (Å²) in [5.74, 6) is -0.604. The molecule has 0 aliphatic carbocycles. The summed E-state index contributed by atoms with van der Waals surface area (Å²) in [4.78, 5) is 3.70. The molecule has 0 unspecified atom stereocenters. The summed E-state index contributed by atoms with van der Waals surface area (Å²) in [5, 5.41) is 8.78. The van der Waals surface area contributed by atoms with E-state index in [2.05, 4.69) is 4.98 Å². The number of pyridine rings is 1. The molecule has 2 aromatic rings. The lowest BCUT2D eigenvalue weighted by Gasteiger charge is -2.11. The van der Waals surface area contributed by atoms with Crippen LogP contribution in [-0.2, 0) is 6.42 Å². The summed E-state index contributed by atoms with van der Waals surface area (Å²) >= 11 is 0. The van der Waals surface area contributed by atoms with Gasteiger partial charge in [-0.15, -0.1) is 0 Å². The summed E-state index contributed by atoms with van der Waals surface area (Å²) < 4.78 is 27.4. The zero-order valence-electron chi connectivity index (χ0n) is 11.6. The molecule has 3 nitrogen and oxygen atoms in total. The van der Waals surface area contributed by atoms with Crippen LogP contribution in [-0.4, -0.2) is 16.7 Å². The van der Waals surface area contributed by atoms with E-state index in [0.29, 0.717) is 24.0 Å². The van der Waals surface area contributed by atoms with Crippen LogP contribution in [0.2, 0.25) is 0 Å². The summed E-state index contributed by atoms with van der Waals surface area (Å²) in [6, 6.07) is 5.75. The van der Waals surface area contributed by atoms with E-state index in [1.54, 1.807) is 6.07 Å². The fourth-order valence-electron chi connectivity index (χ4n) is 2.30. The number of aromatic nitrogens is 1. The highest BCUT2D eigenvalue weighted by Crippen LogP contribution is 2.29. The molecule has 112 valence electrons. The van der Waals surface area contributed by atoms with Crippen molar-refractivity contribution in [2.45, 2.75) is 25.7 Å². The molecule has 5 heteroatoms. The Balaban J connectivity index is 2.32. The predicted octanol–water partition coefficient (Wildman–Crippen LogP) is 3.31. The number of nitrogens with two attached hydrogens (primary N) is 1. The van der Waals surface area contributed by atoms with Crippen molar-refractivity contribution in [3.8, 4) is 11.1 Å². The Morgan fingerprint density at radius 1 is 1.05 bits per heavy atom. The van der Waals surface area contributed by atoms with Crippen molar-refractivity contribution in [1.82, 2.24) is 4.98 Å². The van der Waals surface area contributed by atoms with E-state index in [1.165, 1.54) is 18.2 Å². The predicted molar refractivity (Wildman–Crippen MR) is 78.6 cm³/mol. The second-order valence-electron chi connectivity index (χ2n) is 4.92. The lowest BCUT2D eigenvalue weighted by Crippen LogP contribution is -1.98. The number of anilines is 1. The van der Waals surface area contributed by atoms with Crippen LogP contribution in [0.3, 0.4) is 0 Å². The van der Waals surface area contributed by atoms with Crippen molar-refractivity contribution in [2.75, 3.05) is 12.3 Å². The molecule has 1 aromatic carbocycles. The summed E-state index contributed by atoms with van der Waals surface area (Å²) in [7, 11) is 0. The van der Waals surface area contributed by atoms with Gasteiger partial charge in [0.25, 0.3) is 0 Å². The topological polar surface area (TPSA) is 59.1 Å². The first-order chi connectivity index (χ1) is 10.1. The van der Waals surface area contributed by atoms with Crippen LogP contribution in [0.15, 0.2) is 30.5 Å². The average molecular weight is 292 g/mol. The van der Waals surface area contributed by atoms with Crippen LogP contribution < -0.4 is 5.73 Å². The van der Waals surface area contributed by atoms with Gasteiger partial charge in [0.05, 0.1) is 6.20 Å². The highest BCUT2D eigenvalue weighted by Gasteiger charge is 2.12. The van der Waals surface area contributed by atoms with Crippen LogP contribution in [0.4, 0.5) is 14.6 Å². The van der Waals surface area contributed by atoms with E-state index < -0.39 is 5.82 Å². The number of aliphatic hydroxyl groups is 1. The fourth-order valence-corrected chi connectivity index (χ4v) is 2.30. The van der Waals surface area contributed by atoms with Crippen molar-refractivity contribution < 1.29 is 13.9 Å². The molecule has 0 amide bonds. The van der Waals surface area contributed by atoms with Crippen molar-refractivity contribution in [1.29, 1.82) is 0 Å². The molecule has 2 rings (SSSR count). The number of benzene rings is 1. The van der Waals surface area contributed by atoms with Gasteiger partial charge in [-0.25, -0.2) is 13.8 Å². The zero-order valence-corrected chi connectivity index (χ0v) is 11.6. The second kappa shape index (κ2) is 7.13. The van der Waals surface area contributed by atoms with Crippen molar-refractivity contribution in [3.05, 3.63) is 47.7 Å². The van der Waals surface area contributed by atoms with E-state index in [9.17, 15) is 8.78 Å². The van der Waals surface area contributed by atoms with E-state index in [1.807, 2.05) is 0 Å². The highest BCUT2D eigenvalue weighted by molar-refractivity contribution is 5.69. The SMILES string of the molecule is Nc1cc(-c2ccc(F)cc2CCCCCO)c(F)cn1. The largest absolute Gasteiger partial charge is 0.396 e. The summed E-state index contributed by atoms with van der Waals surface area (Å²) in [6.45, 7) is 0.144. The monoisotopic (exact) mass is 292 g/mol. The maximum atomic E-state index is 13.9.